The zero-order valence-electron chi connectivity index (χ0n) is 11.5. The molecule has 0 aromatic heterocycles. The Hall–Kier alpha value is -1.36. The molecule has 0 aliphatic rings. The van der Waals surface area contributed by atoms with Crippen LogP contribution in [0.25, 0.3) is 0 Å². The van der Waals surface area contributed by atoms with E-state index in [1.54, 1.807) is 0 Å². The van der Waals surface area contributed by atoms with Gasteiger partial charge in [0.1, 0.15) is 13.2 Å². The van der Waals surface area contributed by atoms with E-state index in [0.29, 0.717) is 24.1 Å². The molecule has 0 aromatic rings. The maximum absolute atomic E-state index is 10.9. The molecule has 0 radical (unpaired) electrons. The third-order valence-corrected chi connectivity index (χ3v) is 1.67. The molecule has 5 heteroatoms. The van der Waals surface area contributed by atoms with E-state index in [9.17, 15) is 9.59 Å². The number of carbonyl (C=O) groups is 2. The van der Waals surface area contributed by atoms with Crippen LogP contribution in [-0.2, 0) is 19.1 Å². The number of hydrogen-bond donors (Lipinski definition) is 0. The second-order valence-corrected chi connectivity index (χ2v) is 4.57. The summed E-state index contributed by atoms with van der Waals surface area (Å²) < 4.78 is 9.51. The summed E-state index contributed by atoms with van der Waals surface area (Å²) >= 11 is 0. The fraction of sp³-hybridized carbons (Fsp3) is 0.667. The third-order valence-electron chi connectivity index (χ3n) is 1.67. The number of rotatable bonds is 6. The molecule has 0 aromatic carbocycles. The first-order valence-electron chi connectivity index (χ1n) is 5.31. The monoisotopic (exact) mass is 246 g/mol. The van der Waals surface area contributed by atoms with Crippen LogP contribution in [0.4, 0.5) is 0 Å². The fourth-order valence-electron chi connectivity index (χ4n) is 0.841. The van der Waals surface area contributed by atoms with Crippen LogP contribution in [0.15, 0.2) is 12.2 Å². The molecule has 0 heterocycles. The van der Waals surface area contributed by atoms with Gasteiger partial charge in [-0.1, -0.05) is 5.57 Å². The van der Waals surface area contributed by atoms with Crippen LogP contribution < -0.4 is 0 Å². The number of hydrogen-bond acceptors (Lipinski definition) is 4. The molecule has 0 fully saturated rings. The van der Waals surface area contributed by atoms with Crippen molar-refractivity contribution in [1.29, 1.82) is 0 Å². The van der Waals surface area contributed by atoms with Crippen molar-refractivity contribution in [2.24, 2.45) is 0 Å². The molecule has 100 valence electrons. The predicted molar refractivity (Wildman–Crippen MR) is 66.4 cm³/mol. The summed E-state index contributed by atoms with van der Waals surface area (Å²) in [5, 5.41) is 0. The molecule has 0 bridgehead atoms. The molecular formula is C12H24NO4+. The zero-order valence-corrected chi connectivity index (χ0v) is 11.5. The fourth-order valence-corrected chi connectivity index (χ4v) is 0.841. The van der Waals surface area contributed by atoms with Crippen molar-refractivity contribution in [2.75, 3.05) is 40.9 Å². The lowest BCUT2D eigenvalue weighted by atomic mass is 10.4. The molecule has 0 saturated carbocycles. The van der Waals surface area contributed by atoms with Gasteiger partial charge in [-0.25, -0.2) is 4.79 Å². The van der Waals surface area contributed by atoms with Gasteiger partial charge in [-0.2, -0.15) is 0 Å². The normalized spacial score (nSPS) is 9.71. The molecule has 0 saturated heterocycles. The predicted octanol–water partition coefficient (Wildman–Crippen LogP) is 0.991. The molecule has 0 aliphatic carbocycles. The second-order valence-electron chi connectivity index (χ2n) is 4.57. The van der Waals surface area contributed by atoms with Crippen LogP contribution in [0.5, 0.6) is 0 Å². The molecule has 0 spiro atoms. The van der Waals surface area contributed by atoms with Crippen molar-refractivity contribution in [2.45, 2.75) is 13.8 Å². The number of nitrogens with zero attached hydrogens (tertiary/aromatic N) is 1. The average Bonchev–Trinajstić information content (AvgIpc) is 2.16. The Morgan fingerprint density at radius 3 is 2.18 bits per heavy atom. The molecule has 0 rings (SSSR count). The van der Waals surface area contributed by atoms with Crippen LogP contribution in [0.3, 0.4) is 0 Å². The van der Waals surface area contributed by atoms with Crippen LogP contribution in [0.2, 0.25) is 0 Å². The first-order chi connectivity index (χ1) is 7.75. The number of ether oxygens (including phenoxy) is 2. The summed E-state index contributed by atoms with van der Waals surface area (Å²) in [6.45, 7) is 9.08. The minimum atomic E-state index is -0.267. The number of methoxy groups -OCH3 is 1. The van der Waals surface area contributed by atoms with E-state index in [-0.39, 0.29) is 12.5 Å². The highest BCUT2D eigenvalue weighted by Gasteiger charge is 2.20. The summed E-state index contributed by atoms with van der Waals surface area (Å²) in [5.41, 5.74) is 1.17. The number of quaternary nitrogens is 1. The van der Waals surface area contributed by atoms with Gasteiger partial charge >= 0.3 is 5.97 Å². The van der Waals surface area contributed by atoms with E-state index in [1.807, 2.05) is 27.9 Å². The van der Waals surface area contributed by atoms with Gasteiger partial charge in [-0.3, -0.25) is 4.79 Å². The van der Waals surface area contributed by atoms with E-state index in [1.165, 1.54) is 12.7 Å². The second kappa shape index (κ2) is 9.84. The highest BCUT2D eigenvalue weighted by Crippen LogP contribution is 1.96. The summed E-state index contributed by atoms with van der Waals surface area (Å²) in [6, 6.07) is 0. The van der Waals surface area contributed by atoms with Gasteiger partial charge < -0.3 is 14.0 Å². The van der Waals surface area contributed by atoms with E-state index in [4.69, 9.17) is 0 Å². The van der Waals surface area contributed by atoms with Gasteiger partial charge in [0.25, 0.3) is 6.47 Å². The molecule has 0 amide bonds. The SMILES string of the molecule is C=C(C)C.COC(=O)C[N+](C)(C)CCOC=O. The van der Waals surface area contributed by atoms with Crippen LogP contribution >= 0.6 is 0 Å². The number of allylic oxidation sites excluding steroid dienone is 1. The highest BCUT2D eigenvalue weighted by atomic mass is 16.5. The standard InChI is InChI=1S/C8H16NO4.C4H8/c1-9(2,4-5-13-7-10)6-8(11)12-3;1-4(2)3/h7H,4-6H2,1-3H3;1H2,2-3H3/q+1;. The van der Waals surface area contributed by atoms with E-state index >= 15 is 0 Å². The topological polar surface area (TPSA) is 52.6 Å². The summed E-state index contributed by atoms with van der Waals surface area (Å²) in [7, 11) is 5.08. The zero-order chi connectivity index (χ0) is 13.9. The quantitative estimate of drug-likeness (QED) is 0.231. The smallest absolute Gasteiger partial charge is 0.361 e. The minimum Gasteiger partial charge on any atom is -0.465 e. The van der Waals surface area contributed by atoms with Gasteiger partial charge in [-0.05, 0) is 13.8 Å². The lowest BCUT2D eigenvalue weighted by Gasteiger charge is -2.27. The molecule has 0 N–H and O–H groups in total. The van der Waals surface area contributed by atoms with E-state index in [0.717, 1.165) is 0 Å². The Bertz CT molecular complexity index is 245. The maximum atomic E-state index is 10.9. The Labute approximate surface area is 104 Å². The lowest BCUT2D eigenvalue weighted by molar-refractivity contribution is -0.883. The molecule has 5 nitrogen and oxygen atoms in total. The van der Waals surface area contributed by atoms with Crippen LogP contribution in [0, 0.1) is 0 Å². The average molecular weight is 246 g/mol. The van der Waals surface area contributed by atoms with Crippen LogP contribution in [-0.4, -0.2) is 57.8 Å². The first-order valence-corrected chi connectivity index (χ1v) is 5.31. The highest BCUT2D eigenvalue weighted by molar-refractivity contribution is 5.70. The van der Waals surface area contributed by atoms with Gasteiger partial charge in [0.05, 0.1) is 21.2 Å². The maximum Gasteiger partial charge on any atom is 0.361 e. The number of likely N-dealkylation sites (N-methyl/N-ethyl adjacent to an activating group) is 1. The van der Waals surface area contributed by atoms with Crippen molar-refractivity contribution in [3.63, 3.8) is 0 Å². The summed E-state index contributed by atoms with van der Waals surface area (Å²) in [5.74, 6) is -0.267. The Kier molecular flexibility index (Phi) is 10.4. The Morgan fingerprint density at radius 2 is 1.82 bits per heavy atom. The first kappa shape index (κ1) is 18.0. The number of carbonyl (C=O) groups excluding carboxylic acids is 2. The molecule has 17 heavy (non-hydrogen) atoms. The third kappa shape index (κ3) is 17.3. The van der Waals surface area contributed by atoms with Crippen molar-refractivity contribution >= 4 is 12.4 Å². The largest absolute Gasteiger partial charge is 0.465 e. The van der Waals surface area contributed by atoms with Crippen molar-refractivity contribution < 1.29 is 23.5 Å². The van der Waals surface area contributed by atoms with Crippen molar-refractivity contribution in [1.82, 2.24) is 0 Å². The van der Waals surface area contributed by atoms with E-state index in [2.05, 4.69) is 16.1 Å². The van der Waals surface area contributed by atoms with Crippen molar-refractivity contribution in [3.8, 4) is 0 Å². The minimum absolute atomic E-state index is 0.267. The van der Waals surface area contributed by atoms with Gasteiger partial charge in [-0.15, -0.1) is 6.58 Å². The summed E-state index contributed by atoms with van der Waals surface area (Å²) in [4.78, 5) is 20.8. The summed E-state index contributed by atoms with van der Waals surface area (Å²) in [6.07, 6.45) is 0. The Morgan fingerprint density at radius 1 is 1.35 bits per heavy atom. The molecule has 0 unspecified atom stereocenters. The van der Waals surface area contributed by atoms with Crippen LogP contribution in [0.1, 0.15) is 13.8 Å². The van der Waals surface area contributed by atoms with Gasteiger partial charge in [0.15, 0.2) is 6.54 Å². The van der Waals surface area contributed by atoms with Gasteiger partial charge in [0, 0.05) is 0 Å². The molecular weight excluding hydrogens is 222 g/mol. The Balaban J connectivity index is 0. The van der Waals surface area contributed by atoms with Gasteiger partial charge in [0.2, 0.25) is 0 Å². The lowest BCUT2D eigenvalue weighted by Crippen LogP contribution is -2.46. The molecule has 0 aliphatic heterocycles. The van der Waals surface area contributed by atoms with Crippen molar-refractivity contribution in [3.05, 3.63) is 12.2 Å². The number of esters is 1. The van der Waals surface area contributed by atoms with E-state index < -0.39 is 0 Å². The molecule has 0 atom stereocenters.